The minimum Gasteiger partial charge on any atom is -0.478 e. The van der Waals surface area contributed by atoms with Crippen LogP contribution in [0.4, 0.5) is 5.69 Å². The third kappa shape index (κ3) is 3.73. The fourth-order valence-electron chi connectivity index (χ4n) is 1.53. The van der Waals surface area contributed by atoms with Crippen LogP contribution in [0.3, 0.4) is 0 Å². The third-order valence-corrected chi connectivity index (χ3v) is 4.64. The number of pyridine rings is 1. The predicted octanol–water partition coefficient (Wildman–Crippen LogP) is 2.30. The van der Waals surface area contributed by atoms with Crippen molar-refractivity contribution in [1.82, 2.24) is 4.98 Å². The number of hydrogen-bond acceptors (Lipinski definition) is 5. The summed E-state index contributed by atoms with van der Waals surface area (Å²) in [6.45, 7) is 0. The van der Waals surface area contributed by atoms with E-state index < -0.39 is 16.0 Å². The molecule has 2 N–H and O–H groups in total. The van der Waals surface area contributed by atoms with Gasteiger partial charge in [0, 0.05) is 16.8 Å². The van der Waals surface area contributed by atoms with Gasteiger partial charge in [-0.05, 0) is 42.7 Å². The van der Waals surface area contributed by atoms with E-state index in [1.807, 2.05) is 6.26 Å². The van der Waals surface area contributed by atoms with Crippen molar-refractivity contribution in [2.24, 2.45) is 0 Å². The van der Waals surface area contributed by atoms with Crippen molar-refractivity contribution in [1.29, 1.82) is 0 Å². The Morgan fingerprint density at radius 3 is 2.33 bits per heavy atom. The average Bonchev–Trinajstić information content (AvgIpc) is 2.48. The standard InChI is InChI=1S/C13H12N2O4S2/c1-20-11-5-3-10(4-6-11)15-21(18,19)12-7-2-9(8-14-12)13(16)17/h2-8,15H,1H3,(H,16,17). The summed E-state index contributed by atoms with van der Waals surface area (Å²) in [5.41, 5.74) is 0.343. The molecule has 1 aromatic carbocycles. The van der Waals surface area contributed by atoms with Gasteiger partial charge in [-0.3, -0.25) is 4.72 Å². The fraction of sp³-hybridized carbons (Fsp3) is 0.0769. The van der Waals surface area contributed by atoms with Gasteiger partial charge in [0.05, 0.1) is 5.56 Å². The summed E-state index contributed by atoms with van der Waals surface area (Å²) in [6, 6.07) is 9.24. The Labute approximate surface area is 126 Å². The topological polar surface area (TPSA) is 96.4 Å². The zero-order valence-electron chi connectivity index (χ0n) is 11.0. The van der Waals surface area contributed by atoms with E-state index in [-0.39, 0.29) is 10.6 Å². The van der Waals surface area contributed by atoms with Gasteiger partial charge < -0.3 is 5.11 Å². The van der Waals surface area contributed by atoms with Gasteiger partial charge >= 0.3 is 5.97 Å². The molecule has 0 aliphatic carbocycles. The zero-order valence-corrected chi connectivity index (χ0v) is 12.6. The predicted molar refractivity (Wildman–Crippen MR) is 80.2 cm³/mol. The molecule has 0 spiro atoms. The Morgan fingerprint density at radius 2 is 1.86 bits per heavy atom. The van der Waals surface area contributed by atoms with E-state index >= 15 is 0 Å². The van der Waals surface area contributed by atoms with Gasteiger partial charge in [0.15, 0.2) is 5.03 Å². The van der Waals surface area contributed by atoms with Crippen LogP contribution in [0.5, 0.6) is 0 Å². The number of carboxylic acids is 1. The average molecular weight is 324 g/mol. The SMILES string of the molecule is CSc1ccc(NS(=O)(=O)c2ccc(C(=O)O)cn2)cc1. The number of carbonyl (C=O) groups is 1. The first kappa shape index (κ1) is 15.3. The van der Waals surface area contributed by atoms with E-state index in [0.717, 1.165) is 17.2 Å². The lowest BCUT2D eigenvalue weighted by Crippen LogP contribution is -2.14. The Hall–Kier alpha value is -2.06. The van der Waals surface area contributed by atoms with Crippen molar-refractivity contribution in [3.05, 3.63) is 48.2 Å². The Kier molecular flexibility index (Phi) is 4.49. The maximum Gasteiger partial charge on any atom is 0.337 e. The number of carboxylic acid groups (broad SMARTS) is 1. The summed E-state index contributed by atoms with van der Waals surface area (Å²) in [7, 11) is -3.84. The first-order chi connectivity index (χ1) is 9.92. The minimum absolute atomic E-state index is 0.0710. The first-order valence-electron chi connectivity index (χ1n) is 5.78. The van der Waals surface area contributed by atoms with Crippen LogP contribution in [0.2, 0.25) is 0 Å². The molecule has 1 aromatic heterocycles. The second kappa shape index (κ2) is 6.15. The molecule has 0 aliphatic rings. The number of rotatable bonds is 5. The minimum atomic E-state index is -3.84. The highest BCUT2D eigenvalue weighted by Gasteiger charge is 2.16. The van der Waals surface area contributed by atoms with Gasteiger partial charge in [0.1, 0.15) is 0 Å². The molecule has 0 aliphatic heterocycles. The zero-order chi connectivity index (χ0) is 15.5. The number of nitrogens with zero attached hydrogens (tertiary/aromatic N) is 1. The van der Waals surface area contributed by atoms with Gasteiger partial charge in [0.2, 0.25) is 0 Å². The van der Waals surface area contributed by atoms with Crippen LogP contribution in [-0.2, 0) is 10.0 Å². The molecule has 6 nitrogen and oxygen atoms in total. The van der Waals surface area contributed by atoms with Crippen LogP contribution >= 0.6 is 11.8 Å². The van der Waals surface area contributed by atoms with Gasteiger partial charge in [-0.25, -0.2) is 9.78 Å². The van der Waals surface area contributed by atoms with Crippen molar-refractivity contribution in [2.75, 3.05) is 11.0 Å². The summed E-state index contributed by atoms with van der Waals surface area (Å²) in [5, 5.41) is 8.52. The first-order valence-corrected chi connectivity index (χ1v) is 8.49. The van der Waals surface area contributed by atoms with Gasteiger partial charge in [-0.2, -0.15) is 8.42 Å². The fourth-order valence-corrected chi connectivity index (χ4v) is 2.93. The van der Waals surface area contributed by atoms with E-state index in [0.29, 0.717) is 5.69 Å². The van der Waals surface area contributed by atoms with Gasteiger partial charge in [0.25, 0.3) is 10.0 Å². The molecular formula is C13H12N2O4S2. The lowest BCUT2D eigenvalue weighted by atomic mass is 10.3. The summed E-state index contributed by atoms with van der Waals surface area (Å²) >= 11 is 1.55. The molecule has 0 radical (unpaired) electrons. The van der Waals surface area contributed by atoms with Crippen molar-refractivity contribution in [3.8, 4) is 0 Å². The molecule has 8 heteroatoms. The number of aromatic carboxylic acids is 1. The Bertz CT molecular complexity index is 741. The second-order valence-electron chi connectivity index (χ2n) is 4.02. The van der Waals surface area contributed by atoms with E-state index in [9.17, 15) is 13.2 Å². The number of aromatic nitrogens is 1. The van der Waals surface area contributed by atoms with Crippen LogP contribution in [0.1, 0.15) is 10.4 Å². The monoisotopic (exact) mass is 324 g/mol. The molecule has 1 heterocycles. The molecular weight excluding hydrogens is 312 g/mol. The van der Waals surface area contributed by atoms with Crippen molar-refractivity contribution in [2.45, 2.75) is 9.92 Å². The number of benzene rings is 1. The third-order valence-electron chi connectivity index (χ3n) is 2.60. The normalized spacial score (nSPS) is 11.1. The molecule has 0 unspecified atom stereocenters. The summed E-state index contributed by atoms with van der Waals surface area (Å²) < 4.78 is 26.6. The summed E-state index contributed by atoms with van der Waals surface area (Å²) in [4.78, 5) is 15.4. The van der Waals surface area contributed by atoms with Crippen LogP contribution < -0.4 is 4.72 Å². The maximum absolute atomic E-state index is 12.1. The Balaban J connectivity index is 2.22. The molecule has 0 atom stereocenters. The number of sulfonamides is 1. The molecule has 2 rings (SSSR count). The highest BCUT2D eigenvalue weighted by Crippen LogP contribution is 2.19. The molecule has 0 amide bonds. The highest BCUT2D eigenvalue weighted by molar-refractivity contribution is 7.98. The number of thioether (sulfide) groups is 1. The van der Waals surface area contributed by atoms with Crippen LogP contribution in [0.15, 0.2) is 52.5 Å². The van der Waals surface area contributed by atoms with Crippen molar-refractivity contribution in [3.63, 3.8) is 0 Å². The van der Waals surface area contributed by atoms with Crippen LogP contribution in [-0.4, -0.2) is 30.7 Å². The van der Waals surface area contributed by atoms with E-state index in [4.69, 9.17) is 5.11 Å². The number of hydrogen-bond donors (Lipinski definition) is 2. The van der Waals surface area contributed by atoms with Crippen LogP contribution in [0, 0.1) is 0 Å². The lowest BCUT2D eigenvalue weighted by molar-refractivity contribution is 0.0696. The second-order valence-corrected chi connectivity index (χ2v) is 6.53. The molecule has 21 heavy (non-hydrogen) atoms. The lowest BCUT2D eigenvalue weighted by Gasteiger charge is -2.08. The smallest absolute Gasteiger partial charge is 0.337 e. The molecule has 0 saturated carbocycles. The van der Waals surface area contributed by atoms with Gasteiger partial charge in [-0.15, -0.1) is 11.8 Å². The Morgan fingerprint density at radius 1 is 1.19 bits per heavy atom. The van der Waals surface area contributed by atoms with Crippen molar-refractivity contribution < 1.29 is 18.3 Å². The molecule has 2 aromatic rings. The molecule has 0 saturated heterocycles. The van der Waals surface area contributed by atoms with Crippen LogP contribution in [0.25, 0.3) is 0 Å². The largest absolute Gasteiger partial charge is 0.478 e. The summed E-state index contributed by atoms with van der Waals surface area (Å²) in [5.74, 6) is -1.16. The van der Waals surface area contributed by atoms with Crippen molar-refractivity contribution >= 4 is 33.4 Å². The number of anilines is 1. The number of nitrogens with one attached hydrogen (secondary N) is 1. The van der Waals surface area contributed by atoms with E-state index in [2.05, 4.69) is 9.71 Å². The maximum atomic E-state index is 12.1. The molecule has 110 valence electrons. The molecule has 0 bridgehead atoms. The quantitative estimate of drug-likeness (QED) is 0.819. The van der Waals surface area contributed by atoms with Gasteiger partial charge in [-0.1, -0.05) is 0 Å². The van der Waals surface area contributed by atoms with E-state index in [1.165, 1.54) is 6.07 Å². The molecule has 0 fully saturated rings. The summed E-state index contributed by atoms with van der Waals surface area (Å²) in [6.07, 6.45) is 2.93. The highest BCUT2D eigenvalue weighted by atomic mass is 32.2. The van der Waals surface area contributed by atoms with E-state index in [1.54, 1.807) is 36.0 Å².